The van der Waals surface area contributed by atoms with Gasteiger partial charge in [0, 0.05) is 17.4 Å². The van der Waals surface area contributed by atoms with Crippen LogP contribution in [0.1, 0.15) is 31.7 Å². The average molecular weight is 331 g/mol. The summed E-state index contributed by atoms with van der Waals surface area (Å²) in [4.78, 5) is 3.09. The molecule has 0 unspecified atom stereocenters. The fraction of sp³-hybridized carbons (Fsp3) is 0.500. The van der Waals surface area contributed by atoms with E-state index in [1.165, 1.54) is 18.9 Å². The number of imidazole rings is 1. The van der Waals surface area contributed by atoms with E-state index >= 15 is 0 Å². The maximum absolute atomic E-state index is 13.5. The van der Waals surface area contributed by atoms with Crippen LogP contribution in [0.25, 0.3) is 11.0 Å². The summed E-state index contributed by atoms with van der Waals surface area (Å²) >= 11 is 13.3. The molecule has 2 nitrogen and oxygen atoms in total. The molecule has 1 fully saturated rings. The van der Waals surface area contributed by atoms with Crippen molar-refractivity contribution in [2.45, 2.75) is 37.0 Å². The fourth-order valence-corrected chi connectivity index (χ4v) is 4.28. The van der Waals surface area contributed by atoms with Crippen molar-refractivity contribution < 1.29 is 4.39 Å². The highest BCUT2D eigenvalue weighted by atomic mass is 35.5. The number of nitrogens with one attached hydrogen (secondary N) is 1. The van der Waals surface area contributed by atoms with Crippen molar-refractivity contribution in [3.63, 3.8) is 0 Å². The molecule has 1 aromatic carbocycles. The number of aromatic amines is 1. The van der Waals surface area contributed by atoms with Gasteiger partial charge in [-0.15, -0.1) is 0 Å². The lowest BCUT2D eigenvalue weighted by molar-refractivity contribution is 0.364. The summed E-state index contributed by atoms with van der Waals surface area (Å²) in [6.07, 6.45) is 6.80. The number of thioether (sulfide) groups is 1. The van der Waals surface area contributed by atoms with Gasteiger partial charge < -0.3 is 9.55 Å². The van der Waals surface area contributed by atoms with Crippen molar-refractivity contribution >= 4 is 46.6 Å². The lowest BCUT2D eigenvalue weighted by atomic mass is 9.94. The van der Waals surface area contributed by atoms with E-state index in [1.807, 2.05) is 11.8 Å². The lowest BCUT2D eigenvalue weighted by Gasteiger charge is -2.28. The third kappa shape index (κ3) is 2.51. The molecule has 1 saturated carbocycles. The molecular weight excluding hydrogens is 315 g/mol. The first-order valence-electron chi connectivity index (χ1n) is 6.72. The molecule has 0 saturated heterocycles. The second-order valence-corrected chi connectivity index (χ2v) is 7.18. The summed E-state index contributed by atoms with van der Waals surface area (Å²) in [5.41, 5.74) is 1.64. The Labute approximate surface area is 131 Å². The number of fused-ring (bicyclic) bond motifs is 1. The summed E-state index contributed by atoms with van der Waals surface area (Å²) in [5, 5.41) is 0.907. The van der Waals surface area contributed by atoms with Crippen LogP contribution in [0.15, 0.2) is 12.1 Å². The van der Waals surface area contributed by atoms with E-state index in [4.69, 9.17) is 23.8 Å². The predicted molar refractivity (Wildman–Crippen MR) is 86.9 cm³/mol. The Balaban J connectivity index is 2.01. The normalized spacial score (nSPS) is 23.4. The van der Waals surface area contributed by atoms with E-state index in [1.54, 1.807) is 6.07 Å². The van der Waals surface area contributed by atoms with Gasteiger partial charge in [0.05, 0.1) is 16.1 Å². The SMILES string of the molecule is CSC1CCC(n2c(=S)[nH]c3cc(F)c(Cl)cc32)CC1. The quantitative estimate of drug-likeness (QED) is 0.750. The molecule has 1 N–H and O–H groups in total. The summed E-state index contributed by atoms with van der Waals surface area (Å²) in [6.45, 7) is 0. The van der Waals surface area contributed by atoms with E-state index in [0.717, 1.165) is 29.1 Å². The van der Waals surface area contributed by atoms with Crippen molar-refractivity contribution in [3.05, 3.63) is 27.7 Å². The molecular formula is C14H16ClFN2S2. The van der Waals surface area contributed by atoms with Gasteiger partial charge in [0.25, 0.3) is 0 Å². The number of aromatic nitrogens is 2. The summed E-state index contributed by atoms with van der Waals surface area (Å²) in [5.74, 6) is -0.409. The lowest BCUT2D eigenvalue weighted by Crippen LogP contribution is -2.19. The summed E-state index contributed by atoms with van der Waals surface area (Å²) in [7, 11) is 0. The summed E-state index contributed by atoms with van der Waals surface area (Å²) < 4.78 is 16.3. The van der Waals surface area contributed by atoms with Crippen molar-refractivity contribution in [1.29, 1.82) is 0 Å². The first kappa shape index (κ1) is 14.4. The van der Waals surface area contributed by atoms with Gasteiger partial charge in [0.1, 0.15) is 5.82 Å². The highest BCUT2D eigenvalue weighted by Crippen LogP contribution is 2.36. The van der Waals surface area contributed by atoms with Crippen molar-refractivity contribution in [2.75, 3.05) is 6.26 Å². The van der Waals surface area contributed by atoms with E-state index in [9.17, 15) is 4.39 Å². The number of benzene rings is 1. The van der Waals surface area contributed by atoms with Crippen LogP contribution >= 0.6 is 35.6 Å². The van der Waals surface area contributed by atoms with Crippen molar-refractivity contribution in [3.8, 4) is 0 Å². The van der Waals surface area contributed by atoms with Crippen LogP contribution in [0.5, 0.6) is 0 Å². The highest BCUT2D eigenvalue weighted by molar-refractivity contribution is 7.99. The van der Waals surface area contributed by atoms with Crippen molar-refractivity contribution in [1.82, 2.24) is 9.55 Å². The topological polar surface area (TPSA) is 20.7 Å². The van der Waals surface area contributed by atoms with Crippen LogP contribution in [-0.4, -0.2) is 21.1 Å². The van der Waals surface area contributed by atoms with Gasteiger partial charge in [0.2, 0.25) is 0 Å². The number of nitrogens with zero attached hydrogens (tertiary/aromatic N) is 1. The third-order valence-corrected chi connectivity index (χ3v) is 5.83. The Morgan fingerprint density at radius 1 is 1.35 bits per heavy atom. The fourth-order valence-electron chi connectivity index (χ4n) is 3.02. The van der Waals surface area contributed by atoms with Crippen LogP contribution in [-0.2, 0) is 0 Å². The second-order valence-electron chi connectivity index (χ2n) is 5.25. The molecule has 108 valence electrons. The van der Waals surface area contributed by atoms with Gasteiger partial charge in [0.15, 0.2) is 4.77 Å². The van der Waals surface area contributed by atoms with Crippen molar-refractivity contribution in [2.24, 2.45) is 0 Å². The van der Waals surface area contributed by atoms with Crippen LogP contribution in [0.3, 0.4) is 0 Å². The van der Waals surface area contributed by atoms with Gasteiger partial charge in [-0.05, 0) is 50.2 Å². The smallest absolute Gasteiger partial charge is 0.178 e. The number of halogens is 2. The molecule has 0 atom stereocenters. The third-order valence-electron chi connectivity index (χ3n) is 4.10. The molecule has 0 bridgehead atoms. The van der Waals surface area contributed by atoms with E-state index in [-0.39, 0.29) is 5.02 Å². The molecule has 20 heavy (non-hydrogen) atoms. The van der Waals surface area contributed by atoms with E-state index < -0.39 is 5.82 Å². The van der Waals surface area contributed by atoms with E-state index in [2.05, 4.69) is 15.8 Å². The van der Waals surface area contributed by atoms with Gasteiger partial charge in [-0.2, -0.15) is 11.8 Å². The molecule has 3 rings (SSSR count). The molecule has 1 heterocycles. The predicted octanol–water partition coefficient (Wildman–Crippen LogP) is 5.34. The molecule has 1 aliphatic carbocycles. The maximum Gasteiger partial charge on any atom is 0.178 e. The van der Waals surface area contributed by atoms with E-state index in [0.29, 0.717) is 10.8 Å². The average Bonchev–Trinajstić information content (AvgIpc) is 2.75. The zero-order valence-corrected chi connectivity index (χ0v) is 13.5. The number of hydrogen-bond acceptors (Lipinski definition) is 2. The zero-order valence-electron chi connectivity index (χ0n) is 11.2. The van der Waals surface area contributed by atoms with Gasteiger partial charge in [-0.3, -0.25) is 0 Å². The van der Waals surface area contributed by atoms with Crippen LogP contribution in [0, 0.1) is 10.6 Å². The Hall–Kier alpha value is -0.520. The first-order chi connectivity index (χ1) is 9.60. The number of hydrogen-bond donors (Lipinski definition) is 1. The standard InChI is InChI=1S/C14H16ClFN2S2/c1-20-9-4-2-8(3-5-9)18-13-6-10(15)11(16)7-12(13)17-14(18)19/h6-9H,2-5H2,1H3,(H,17,19). The van der Waals surface area contributed by atoms with Crippen LogP contribution < -0.4 is 0 Å². The molecule has 0 aliphatic heterocycles. The Morgan fingerprint density at radius 2 is 2.05 bits per heavy atom. The largest absolute Gasteiger partial charge is 0.330 e. The zero-order chi connectivity index (χ0) is 14.3. The monoisotopic (exact) mass is 330 g/mol. The molecule has 0 spiro atoms. The Morgan fingerprint density at radius 3 is 2.70 bits per heavy atom. The van der Waals surface area contributed by atoms with Gasteiger partial charge in [-0.25, -0.2) is 4.39 Å². The molecule has 0 amide bonds. The Bertz CT molecular complexity index is 686. The second kappa shape index (κ2) is 5.70. The molecule has 1 aromatic heterocycles. The molecule has 2 aromatic rings. The Kier molecular flexibility index (Phi) is 4.11. The summed E-state index contributed by atoms with van der Waals surface area (Å²) in [6, 6.07) is 3.50. The molecule has 6 heteroatoms. The van der Waals surface area contributed by atoms with Crippen LogP contribution in [0.4, 0.5) is 4.39 Å². The molecule has 1 aliphatic rings. The maximum atomic E-state index is 13.5. The number of rotatable bonds is 2. The minimum absolute atomic E-state index is 0.151. The van der Waals surface area contributed by atoms with Gasteiger partial charge in [-0.1, -0.05) is 11.6 Å². The first-order valence-corrected chi connectivity index (χ1v) is 8.79. The minimum atomic E-state index is -0.409. The number of H-pyrrole nitrogens is 1. The minimum Gasteiger partial charge on any atom is -0.330 e. The van der Waals surface area contributed by atoms with Gasteiger partial charge >= 0.3 is 0 Å². The van der Waals surface area contributed by atoms with Crippen LogP contribution in [0.2, 0.25) is 5.02 Å². The molecule has 0 radical (unpaired) electrons. The highest BCUT2D eigenvalue weighted by Gasteiger charge is 2.24.